The largest absolute Gasteiger partial charge is 0.469 e. The number of esters is 1. The third-order valence-electron chi connectivity index (χ3n) is 4.89. The number of nitro groups is 1. The van der Waals surface area contributed by atoms with Crippen molar-refractivity contribution < 1.29 is 14.5 Å². The van der Waals surface area contributed by atoms with Gasteiger partial charge in [0.15, 0.2) is 0 Å². The van der Waals surface area contributed by atoms with E-state index < -0.39 is 12.0 Å². The highest BCUT2D eigenvalue weighted by atomic mass is 16.6. The van der Waals surface area contributed by atoms with Gasteiger partial charge in [0, 0.05) is 17.8 Å². The van der Waals surface area contributed by atoms with Crippen LogP contribution in [0.2, 0.25) is 0 Å². The predicted molar refractivity (Wildman–Crippen MR) is 113 cm³/mol. The Balaban J connectivity index is 1.96. The highest BCUT2D eigenvalue weighted by Gasteiger charge is 2.23. The molecule has 5 nitrogen and oxygen atoms in total. The molecule has 0 bridgehead atoms. The maximum absolute atomic E-state index is 11.6. The molecule has 5 heteroatoms. The average molecular weight is 389 g/mol. The van der Waals surface area contributed by atoms with Crippen LogP contribution in [0.5, 0.6) is 0 Å². The van der Waals surface area contributed by atoms with Gasteiger partial charge in [0.2, 0.25) is 6.04 Å². The van der Waals surface area contributed by atoms with Gasteiger partial charge in [0.25, 0.3) is 0 Å². The van der Waals surface area contributed by atoms with Crippen LogP contribution in [0.3, 0.4) is 0 Å². The van der Waals surface area contributed by atoms with Crippen LogP contribution in [0.1, 0.15) is 18.4 Å². The van der Waals surface area contributed by atoms with Crippen molar-refractivity contribution in [1.29, 1.82) is 0 Å². The van der Waals surface area contributed by atoms with Crippen LogP contribution in [0.4, 0.5) is 0 Å². The first kappa shape index (κ1) is 20.3. The smallest absolute Gasteiger partial charge is 0.305 e. The Bertz CT molecular complexity index is 913. The van der Waals surface area contributed by atoms with Gasteiger partial charge in [0.05, 0.1) is 13.5 Å². The fraction of sp³-hybridized carbons (Fsp3) is 0.208. The third kappa shape index (κ3) is 5.51. The molecular weight excluding hydrogens is 366 g/mol. The summed E-state index contributed by atoms with van der Waals surface area (Å²) in [6.45, 7) is 0. The molecular formula is C24H23NO4. The summed E-state index contributed by atoms with van der Waals surface area (Å²) in [7, 11) is 1.29. The third-order valence-corrected chi connectivity index (χ3v) is 4.89. The maximum Gasteiger partial charge on any atom is 0.305 e. The minimum atomic E-state index is -0.844. The summed E-state index contributed by atoms with van der Waals surface area (Å²) in [6.07, 6.45) is 0.437. The van der Waals surface area contributed by atoms with Crippen molar-refractivity contribution in [2.75, 3.05) is 7.11 Å². The zero-order chi connectivity index (χ0) is 20.6. The van der Waals surface area contributed by atoms with Crippen LogP contribution in [0, 0.1) is 10.1 Å². The lowest BCUT2D eigenvalue weighted by Gasteiger charge is -2.13. The minimum absolute atomic E-state index is 0.0338. The SMILES string of the molecule is COC(=O)CCC(Cc1cc(-c2ccccc2)cc(-c2ccccc2)c1)[N+](=O)[O-]. The average Bonchev–Trinajstić information content (AvgIpc) is 2.77. The van der Waals surface area contributed by atoms with Crippen molar-refractivity contribution in [3.05, 3.63) is 94.5 Å². The van der Waals surface area contributed by atoms with E-state index in [4.69, 9.17) is 0 Å². The number of hydrogen-bond acceptors (Lipinski definition) is 4. The molecule has 0 aliphatic heterocycles. The van der Waals surface area contributed by atoms with Gasteiger partial charge in [0.1, 0.15) is 0 Å². The van der Waals surface area contributed by atoms with E-state index >= 15 is 0 Å². The van der Waals surface area contributed by atoms with E-state index in [0.29, 0.717) is 0 Å². The van der Waals surface area contributed by atoms with E-state index in [1.807, 2.05) is 72.8 Å². The van der Waals surface area contributed by atoms with E-state index in [1.165, 1.54) is 7.11 Å². The molecule has 1 atom stereocenters. The number of ether oxygens (including phenoxy) is 1. The standard InChI is InChI=1S/C24H23NO4/c1-29-24(26)13-12-23(25(27)28)16-18-14-21(19-8-4-2-5-9-19)17-22(15-18)20-10-6-3-7-11-20/h2-11,14-15,17,23H,12-13,16H2,1H3. The van der Waals surface area contributed by atoms with Gasteiger partial charge < -0.3 is 4.74 Å². The fourth-order valence-electron chi connectivity index (χ4n) is 3.35. The summed E-state index contributed by atoms with van der Waals surface area (Å²) in [5.74, 6) is -0.431. The molecule has 0 saturated heterocycles. The molecule has 0 N–H and O–H groups in total. The van der Waals surface area contributed by atoms with Gasteiger partial charge in [-0.05, 0) is 33.9 Å². The van der Waals surface area contributed by atoms with E-state index in [2.05, 4.69) is 10.8 Å². The van der Waals surface area contributed by atoms with Gasteiger partial charge in [-0.1, -0.05) is 72.8 Å². The molecule has 3 aromatic carbocycles. The monoisotopic (exact) mass is 389 g/mol. The molecule has 0 aliphatic carbocycles. The number of hydrogen-bond donors (Lipinski definition) is 0. The van der Waals surface area contributed by atoms with Crippen molar-refractivity contribution in [2.24, 2.45) is 0 Å². The summed E-state index contributed by atoms with van der Waals surface area (Å²) in [5, 5.41) is 11.6. The first-order valence-corrected chi connectivity index (χ1v) is 9.52. The lowest BCUT2D eigenvalue weighted by atomic mass is 9.93. The number of nitrogens with zero attached hydrogens (tertiary/aromatic N) is 1. The van der Waals surface area contributed by atoms with Gasteiger partial charge in [-0.25, -0.2) is 0 Å². The van der Waals surface area contributed by atoms with Crippen LogP contribution in [-0.2, 0) is 16.0 Å². The second-order valence-electron chi connectivity index (χ2n) is 6.91. The Morgan fingerprint density at radius 3 is 1.86 bits per heavy atom. The molecule has 0 amide bonds. The van der Waals surface area contributed by atoms with Gasteiger partial charge in [-0.15, -0.1) is 0 Å². The van der Waals surface area contributed by atoms with Gasteiger partial charge in [-0.3, -0.25) is 14.9 Å². The molecule has 0 heterocycles. The molecule has 0 radical (unpaired) electrons. The zero-order valence-electron chi connectivity index (χ0n) is 16.3. The van der Waals surface area contributed by atoms with Crippen molar-refractivity contribution in [3.8, 4) is 22.3 Å². The van der Waals surface area contributed by atoms with Gasteiger partial charge >= 0.3 is 5.97 Å². The quantitative estimate of drug-likeness (QED) is 0.303. The highest BCUT2D eigenvalue weighted by Crippen LogP contribution is 2.29. The number of carbonyl (C=O) groups excluding carboxylic acids is 1. The topological polar surface area (TPSA) is 69.4 Å². The zero-order valence-corrected chi connectivity index (χ0v) is 16.3. The van der Waals surface area contributed by atoms with Crippen LogP contribution in [-0.4, -0.2) is 24.0 Å². The Morgan fingerprint density at radius 1 is 0.897 bits per heavy atom. The summed E-state index contributed by atoms with van der Waals surface area (Å²) in [5.41, 5.74) is 5.00. The molecule has 0 spiro atoms. The molecule has 29 heavy (non-hydrogen) atoms. The van der Waals surface area contributed by atoms with E-state index in [9.17, 15) is 14.9 Å². The number of benzene rings is 3. The molecule has 0 aliphatic rings. The van der Waals surface area contributed by atoms with Crippen molar-refractivity contribution in [2.45, 2.75) is 25.3 Å². The number of methoxy groups -OCH3 is 1. The van der Waals surface area contributed by atoms with Crippen LogP contribution < -0.4 is 0 Å². The Hall–Kier alpha value is -3.47. The summed E-state index contributed by atoms with van der Waals surface area (Å²) >= 11 is 0. The lowest BCUT2D eigenvalue weighted by molar-refractivity contribution is -0.522. The van der Waals surface area contributed by atoms with E-state index in [1.54, 1.807) is 0 Å². The first-order chi connectivity index (χ1) is 14.1. The Morgan fingerprint density at radius 2 is 1.41 bits per heavy atom. The van der Waals surface area contributed by atoms with E-state index in [0.717, 1.165) is 27.8 Å². The van der Waals surface area contributed by atoms with Crippen LogP contribution >= 0.6 is 0 Å². The molecule has 0 aromatic heterocycles. The van der Waals surface area contributed by atoms with Crippen molar-refractivity contribution in [1.82, 2.24) is 0 Å². The van der Waals surface area contributed by atoms with Crippen molar-refractivity contribution >= 4 is 5.97 Å². The molecule has 0 fully saturated rings. The van der Waals surface area contributed by atoms with E-state index in [-0.39, 0.29) is 24.2 Å². The van der Waals surface area contributed by atoms with Crippen molar-refractivity contribution in [3.63, 3.8) is 0 Å². The first-order valence-electron chi connectivity index (χ1n) is 9.52. The summed E-state index contributed by atoms with van der Waals surface area (Å²) in [6, 6.07) is 25.2. The Labute approximate surface area is 170 Å². The highest BCUT2D eigenvalue weighted by molar-refractivity contribution is 5.74. The Kier molecular flexibility index (Phi) is 6.74. The molecule has 3 rings (SSSR count). The second kappa shape index (κ2) is 9.64. The second-order valence-corrected chi connectivity index (χ2v) is 6.91. The predicted octanol–water partition coefficient (Wildman–Crippen LogP) is 5.16. The molecule has 148 valence electrons. The summed E-state index contributed by atoms with van der Waals surface area (Å²) in [4.78, 5) is 22.7. The fourth-order valence-corrected chi connectivity index (χ4v) is 3.35. The van der Waals surface area contributed by atoms with Crippen LogP contribution in [0.25, 0.3) is 22.3 Å². The van der Waals surface area contributed by atoms with Gasteiger partial charge in [-0.2, -0.15) is 0 Å². The number of carbonyl (C=O) groups is 1. The lowest BCUT2D eigenvalue weighted by Crippen LogP contribution is -2.23. The van der Waals surface area contributed by atoms with Crippen LogP contribution in [0.15, 0.2) is 78.9 Å². The summed E-state index contributed by atoms with van der Waals surface area (Å²) < 4.78 is 4.62. The normalized spacial score (nSPS) is 11.6. The molecule has 3 aromatic rings. The maximum atomic E-state index is 11.6. The molecule has 1 unspecified atom stereocenters. The minimum Gasteiger partial charge on any atom is -0.469 e. The number of rotatable bonds is 8. The molecule has 0 saturated carbocycles.